The Balaban J connectivity index is 1.94. The summed E-state index contributed by atoms with van der Waals surface area (Å²) in [5, 5.41) is 14.2. The number of nitro benzene ring substituents is 1. The van der Waals surface area contributed by atoms with Crippen molar-refractivity contribution in [2.24, 2.45) is 0 Å². The van der Waals surface area contributed by atoms with Crippen molar-refractivity contribution < 1.29 is 4.92 Å². The zero-order valence-electron chi connectivity index (χ0n) is 13.2. The maximum atomic E-state index is 10.8. The van der Waals surface area contributed by atoms with Crippen LogP contribution in [0, 0.1) is 17.0 Å². The van der Waals surface area contributed by atoms with E-state index in [1.807, 2.05) is 43.3 Å². The Morgan fingerprint density at radius 1 is 1.04 bits per heavy atom. The summed E-state index contributed by atoms with van der Waals surface area (Å²) >= 11 is 0. The number of aromatic nitrogens is 1. The minimum absolute atomic E-state index is 0.0745. The van der Waals surface area contributed by atoms with Gasteiger partial charge in [0, 0.05) is 24.0 Å². The first-order chi connectivity index (χ1) is 11.6. The van der Waals surface area contributed by atoms with Gasteiger partial charge in [0.1, 0.15) is 0 Å². The lowest BCUT2D eigenvalue weighted by Crippen LogP contribution is -2.14. The number of nitrogens with zero attached hydrogens (tertiary/aromatic N) is 2. The number of hydrogen-bond acceptors (Lipinski definition) is 4. The fraction of sp³-hybridized carbons (Fsp3) is 0.105. The van der Waals surface area contributed by atoms with Crippen molar-refractivity contribution in [3.05, 3.63) is 99.9 Å². The van der Waals surface area contributed by atoms with E-state index in [0.29, 0.717) is 0 Å². The molecule has 24 heavy (non-hydrogen) atoms. The second-order valence-corrected chi connectivity index (χ2v) is 5.55. The molecule has 0 aliphatic carbocycles. The summed E-state index contributed by atoms with van der Waals surface area (Å²) in [5.41, 5.74) is 4.02. The van der Waals surface area contributed by atoms with Crippen LogP contribution in [0.3, 0.4) is 0 Å². The van der Waals surface area contributed by atoms with E-state index in [-0.39, 0.29) is 11.7 Å². The van der Waals surface area contributed by atoms with Gasteiger partial charge in [-0.25, -0.2) is 0 Å². The van der Waals surface area contributed by atoms with Gasteiger partial charge in [-0.05, 0) is 36.8 Å². The summed E-state index contributed by atoms with van der Waals surface area (Å²) in [4.78, 5) is 14.8. The van der Waals surface area contributed by atoms with Gasteiger partial charge in [0.15, 0.2) is 0 Å². The van der Waals surface area contributed by atoms with Crippen LogP contribution in [-0.4, -0.2) is 9.91 Å². The third-order valence-electron chi connectivity index (χ3n) is 3.75. The summed E-state index contributed by atoms with van der Waals surface area (Å²) in [5.74, 6) is 0. The van der Waals surface area contributed by atoms with Crippen LogP contribution in [0.2, 0.25) is 0 Å². The van der Waals surface area contributed by atoms with Gasteiger partial charge in [-0.3, -0.25) is 15.1 Å². The molecule has 3 aromatic rings. The topological polar surface area (TPSA) is 68.1 Å². The Labute approximate surface area is 140 Å². The maximum absolute atomic E-state index is 10.8. The van der Waals surface area contributed by atoms with Crippen LogP contribution in [0.1, 0.15) is 22.9 Å². The van der Waals surface area contributed by atoms with Crippen molar-refractivity contribution in [3.63, 3.8) is 0 Å². The van der Waals surface area contributed by atoms with E-state index in [0.717, 1.165) is 16.9 Å². The van der Waals surface area contributed by atoms with Crippen molar-refractivity contribution in [3.8, 4) is 0 Å². The number of hydrogen-bond donors (Lipinski definition) is 1. The smallest absolute Gasteiger partial charge is 0.269 e. The number of benzene rings is 2. The highest BCUT2D eigenvalue weighted by atomic mass is 16.6. The molecular formula is C19H17N3O2. The van der Waals surface area contributed by atoms with Crippen LogP contribution in [-0.2, 0) is 0 Å². The molecule has 120 valence electrons. The van der Waals surface area contributed by atoms with Crippen LogP contribution in [0.4, 0.5) is 11.4 Å². The van der Waals surface area contributed by atoms with Gasteiger partial charge < -0.3 is 5.32 Å². The van der Waals surface area contributed by atoms with Crippen molar-refractivity contribution in [2.45, 2.75) is 13.0 Å². The molecule has 1 atom stereocenters. The molecule has 0 amide bonds. The van der Waals surface area contributed by atoms with Crippen LogP contribution in [0.25, 0.3) is 0 Å². The van der Waals surface area contributed by atoms with Crippen LogP contribution < -0.4 is 5.32 Å². The SMILES string of the molecule is Cc1cccc(C(Nc2ccc([N+](=O)[O-])cc2)c2ccccn2)c1. The first kappa shape index (κ1) is 15.7. The molecule has 1 heterocycles. The highest BCUT2D eigenvalue weighted by Gasteiger charge is 2.16. The number of nitrogens with one attached hydrogen (secondary N) is 1. The highest BCUT2D eigenvalue weighted by molar-refractivity contribution is 5.52. The zero-order chi connectivity index (χ0) is 16.9. The van der Waals surface area contributed by atoms with E-state index in [4.69, 9.17) is 0 Å². The molecule has 0 bridgehead atoms. The van der Waals surface area contributed by atoms with Crippen LogP contribution >= 0.6 is 0 Å². The highest BCUT2D eigenvalue weighted by Crippen LogP contribution is 2.27. The number of anilines is 1. The fourth-order valence-corrected chi connectivity index (χ4v) is 2.57. The monoisotopic (exact) mass is 319 g/mol. The van der Waals surface area contributed by atoms with Crippen molar-refractivity contribution in [2.75, 3.05) is 5.32 Å². The van der Waals surface area contributed by atoms with Gasteiger partial charge in [-0.15, -0.1) is 0 Å². The number of non-ortho nitro benzene ring substituents is 1. The Bertz CT molecular complexity index is 833. The largest absolute Gasteiger partial charge is 0.373 e. The minimum atomic E-state index is -0.402. The summed E-state index contributed by atoms with van der Waals surface area (Å²) in [6.07, 6.45) is 1.76. The summed E-state index contributed by atoms with van der Waals surface area (Å²) in [6, 6.07) is 20.3. The van der Waals surface area contributed by atoms with E-state index in [1.54, 1.807) is 18.3 Å². The van der Waals surface area contributed by atoms with Gasteiger partial charge in [0.25, 0.3) is 5.69 Å². The molecule has 0 spiro atoms. The van der Waals surface area contributed by atoms with Crippen LogP contribution in [0.5, 0.6) is 0 Å². The molecule has 0 radical (unpaired) electrons. The molecule has 0 aliphatic heterocycles. The van der Waals surface area contributed by atoms with E-state index in [9.17, 15) is 10.1 Å². The fourth-order valence-electron chi connectivity index (χ4n) is 2.57. The Hall–Kier alpha value is -3.21. The van der Waals surface area contributed by atoms with Gasteiger partial charge in [-0.1, -0.05) is 35.9 Å². The Morgan fingerprint density at radius 3 is 2.46 bits per heavy atom. The lowest BCUT2D eigenvalue weighted by Gasteiger charge is -2.20. The van der Waals surface area contributed by atoms with Crippen molar-refractivity contribution in [1.82, 2.24) is 4.98 Å². The van der Waals surface area contributed by atoms with E-state index < -0.39 is 4.92 Å². The lowest BCUT2D eigenvalue weighted by molar-refractivity contribution is -0.384. The maximum Gasteiger partial charge on any atom is 0.269 e. The lowest BCUT2D eigenvalue weighted by atomic mass is 10.0. The zero-order valence-corrected chi connectivity index (χ0v) is 13.2. The molecule has 1 N–H and O–H groups in total. The van der Waals surface area contributed by atoms with Crippen molar-refractivity contribution in [1.29, 1.82) is 0 Å². The van der Waals surface area contributed by atoms with Crippen molar-refractivity contribution >= 4 is 11.4 Å². The predicted octanol–water partition coefficient (Wildman–Crippen LogP) is 4.50. The van der Waals surface area contributed by atoms with Gasteiger partial charge in [0.05, 0.1) is 16.7 Å². The quantitative estimate of drug-likeness (QED) is 0.555. The average Bonchev–Trinajstić information content (AvgIpc) is 2.61. The molecule has 0 aliphatic rings. The number of nitro groups is 1. The molecule has 0 saturated heterocycles. The molecule has 0 fully saturated rings. The number of pyridine rings is 1. The minimum Gasteiger partial charge on any atom is -0.373 e. The average molecular weight is 319 g/mol. The third kappa shape index (κ3) is 3.57. The van der Waals surface area contributed by atoms with Gasteiger partial charge >= 0.3 is 0 Å². The summed E-state index contributed by atoms with van der Waals surface area (Å²) in [7, 11) is 0. The Morgan fingerprint density at radius 2 is 1.83 bits per heavy atom. The van der Waals surface area contributed by atoms with E-state index >= 15 is 0 Å². The predicted molar refractivity (Wildman–Crippen MR) is 94.0 cm³/mol. The Kier molecular flexibility index (Phi) is 4.52. The molecule has 5 nitrogen and oxygen atoms in total. The first-order valence-corrected chi connectivity index (χ1v) is 7.62. The first-order valence-electron chi connectivity index (χ1n) is 7.62. The third-order valence-corrected chi connectivity index (χ3v) is 3.75. The molecular weight excluding hydrogens is 302 g/mol. The molecule has 1 unspecified atom stereocenters. The standard InChI is InChI=1S/C19H17N3O2/c1-14-5-4-6-15(13-14)19(18-7-2-3-12-20-18)21-16-8-10-17(11-9-16)22(23)24/h2-13,19,21H,1H3. The molecule has 3 rings (SSSR count). The van der Waals surface area contributed by atoms with Crippen LogP contribution in [0.15, 0.2) is 72.9 Å². The molecule has 2 aromatic carbocycles. The number of aryl methyl sites for hydroxylation is 1. The van der Waals surface area contributed by atoms with Gasteiger partial charge in [0.2, 0.25) is 0 Å². The summed E-state index contributed by atoms with van der Waals surface area (Å²) < 4.78 is 0. The second kappa shape index (κ2) is 6.91. The second-order valence-electron chi connectivity index (χ2n) is 5.55. The molecule has 1 aromatic heterocycles. The number of rotatable bonds is 5. The normalized spacial score (nSPS) is 11.7. The van der Waals surface area contributed by atoms with E-state index in [1.165, 1.54) is 17.7 Å². The molecule has 0 saturated carbocycles. The summed E-state index contributed by atoms with van der Waals surface area (Å²) in [6.45, 7) is 2.05. The van der Waals surface area contributed by atoms with E-state index in [2.05, 4.69) is 16.4 Å². The van der Waals surface area contributed by atoms with Gasteiger partial charge in [-0.2, -0.15) is 0 Å². The molecule has 5 heteroatoms.